The number of hydrogen-bond acceptors (Lipinski definition) is 5. The molecule has 3 aromatic rings. The van der Waals surface area contributed by atoms with Crippen LogP contribution in [0.25, 0.3) is 0 Å². The number of benzene rings is 3. The van der Waals surface area contributed by atoms with Gasteiger partial charge in [-0.3, -0.25) is 0 Å². The van der Waals surface area contributed by atoms with Gasteiger partial charge in [-0.15, -0.1) is 0 Å². The van der Waals surface area contributed by atoms with E-state index in [2.05, 4.69) is 68.6 Å². The number of aliphatic hydroxyl groups is 1. The standard InChI is InChI=1S/C30H37NO4/c1-5-17-31-19-23(32)20-34-24-13-11-21(12-14-24)28-26-16-15-25(33-4)18-27(26)35-30(2,3)29(28)22-9-7-6-8-10-22/h6-16,18,23,28-29,31-32H,5,17,19-20H2,1-4H3/t23-,28+,29-/m0/s1. The number of nitrogens with one attached hydrogen (secondary N) is 1. The van der Waals surface area contributed by atoms with Crippen molar-refractivity contribution in [3.05, 3.63) is 89.5 Å². The first kappa shape index (κ1) is 25.1. The number of methoxy groups -OCH3 is 1. The Balaban J connectivity index is 1.63. The summed E-state index contributed by atoms with van der Waals surface area (Å²) in [6.45, 7) is 8.10. The van der Waals surface area contributed by atoms with Crippen LogP contribution in [0.1, 0.15) is 55.7 Å². The van der Waals surface area contributed by atoms with Crippen LogP contribution >= 0.6 is 0 Å². The Labute approximate surface area is 209 Å². The maximum Gasteiger partial charge on any atom is 0.127 e. The number of fused-ring (bicyclic) bond motifs is 1. The third-order valence-electron chi connectivity index (χ3n) is 6.66. The molecule has 0 amide bonds. The normalized spacial score (nSPS) is 19.3. The SMILES string of the molecule is CCCNC[C@H](O)COc1ccc([C@@H]2c3ccc(OC)cc3OC(C)(C)[C@H]2c2ccccc2)cc1. The molecule has 0 radical (unpaired) electrons. The zero-order valence-corrected chi connectivity index (χ0v) is 21.2. The number of ether oxygens (including phenoxy) is 3. The van der Waals surface area contributed by atoms with E-state index in [4.69, 9.17) is 14.2 Å². The Morgan fingerprint density at radius 3 is 2.37 bits per heavy atom. The third kappa shape index (κ3) is 5.80. The van der Waals surface area contributed by atoms with Gasteiger partial charge in [-0.05, 0) is 56.1 Å². The highest BCUT2D eigenvalue weighted by atomic mass is 16.5. The first-order chi connectivity index (χ1) is 16.9. The molecule has 35 heavy (non-hydrogen) atoms. The maximum absolute atomic E-state index is 10.2. The van der Waals surface area contributed by atoms with Crippen LogP contribution in [0.4, 0.5) is 0 Å². The van der Waals surface area contributed by atoms with Crippen molar-refractivity contribution < 1.29 is 19.3 Å². The molecule has 3 atom stereocenters. The fourth-order valence-corrected chi connectivity index (χ4v) is 5.01. The minimum Gasteiger partial charge on any atom is -0.497 e. The van der Waals surface area contributed by atoms with Gasteiger partial charge in [-0.25, -0.2) is 0 Å². The van der Waals surface area contributed by atoms with Crippen LogP contribution in [0.15, 0.2) is 72.8 Å². The Morgan fingerprint density at radius 1 is 0.971 bits per heavy atom. The molecule has 0 saturated heterocycles. The Hall–Kier alpha value is -3.02. The quantitative estimate of drug-likeness (QED) is 0.378. The lowest BCUT2D eigenvalue weighted by atomic mass is 9.68. The summed E-state index contributed by atoms with van der Waals surface area (Å²) >= 11 is 0. The molecule has 0 aromatic heterocycles. The van der Waals surface area contributed by atoms with Gasteiger partial charge in [0.05, 0.1) is 7.11 Å². The Kier molecular flexibility index (Phi) is 7.99. The molecule has 186 valence electrons. The lowest BCUT2D eigenvalue weighted by Gasteiger charge is -2.45. The summed E-state index contributed by atoms with van der Waals surface area (Å²) in [6.07, 6.45) is 0.500. The highest BCUT2D eigenvalue weighted by Crippen LogP contribution is 2.53. The van der Waals surface area contributed by atoms with Crippen molar-refractivity contribution in [2.75, 3.05) is 26.8 Å². The first-order valence-electron chi connectivity index (χ1n) is 12.5. The van der Waals surface area contributed by atoms with E-state index in [9.17, 15) is 5.11 Å². The van der Waals surface area contributed by atoms with E-state index in [0.717, 1.165) is 35.8 Å². The fourth-order valence-electron chi connectivity index (χ4n) is 5.01. The number of aliphatic hydroxyl groups excluding tert-OH is 1. The largest absolute Gasteiger partial charge is 0.497 e. The predicted molar refractivity (Wildman–Crippen MR) is 140 cm³/mol. The van der Waals surface area contributed by atoms with Crippen molar-refractivity contribution in [3.63, 3.8) is 0 Å². The fraction of sp³-hybridized carbons (Fsp3) is 0.400. The van der Waals surface area contributed by atoms with E-state index in [-0.39, 0.29) is 18.4 Å². The van der Waals surface area contributed by atoms with Crippen molar-refractivity contribution in [2.24, 2.45) is 0 Å². The topological polar surface area (TPSA) is 60.0 Å². The molecule has 0 aliphatic carbocycles. The average Bonchev–Trinajstić information content (AvgIpc) is 2.87. The molecule has 0 fully saturated rings. The van der Waals surface area contributed by atoms with Crippen LogP contribution in [0.3, 0.4) is 0 Å². The molecular weight excluding hydrogens is 438 g/mol. The van der Waals surface area contributed by atoms with Gasteiger partial charge in [0.25, 0.3) is 0 Å². The van der Waals surface area contributed by atoms with Crippen LogP contribution in [-0.2, 0) is 0 Å². The monoisotopic (exact) mass is 475 g/mol. The van der Waals surface area contributed by atoms with Gasteiger partial charge in [0.2, 0.25) is 0 Å². The summed E-state index contributed by atoms with van der Waals surface area (Å²) in [7, 11) is 1.68. The molecule has 2 N–H and O–H groups in total. The third-order valence-corrected chi connectivity index (χ3v) is 6.66. The molecule has 1 heterocycles. The smallest absolute Gasteiger partial charge is 0.127 e. The van der Waals surface area contributed by atoms with Crippen LogP contribution in [0.2, 0.25) is 0 Å². The van der Waals surface area contributed by atoms with Gasteiger partial charge >= 0.3 is 0 Å². The molecule has 0 unspecified atom stereocenters. The lowest BCUT2D eigenvalue weighted by Crippen LogP contribution is -2.43. The molecule has 1 aliphatic heterocycles. The van der Waals surface area contributed by atoms with Crippen molar-refractivity contribution in [1.29, 1.82) is 0 Å². The van der Waals surface area contributed by atoms with Crippen LogP contribution < -0.4 is 19.5 Å². The summed E-state index contributed by atoms with van der Waals surface area (Å²) in [5.74, 6) is 2.60. The molecule has 4 rings (SSSR count). The molecule has 3 aromatic carbocycles. The summed E-state index contributed by atoms with van der Waals surface area (Å²) in [6, 6.07) is 24.9. The predicted octanol–water partition coefficient (Wildman–Crippen LogP) is 5.52. The maximum atomic E-state index is 10.2. The summed E-state index contributed by atoms with van der Waals surface area (Å²) in [5.41, 5.74) is 3.15. The van der Waals surface area contributed by atoms with Crippen molar-refractivity contribution in [3.8, 4) is 17.2 Å². The highest BCUT2D eigenvalue weighted by Gasteiger charge is 2.45. The Bertz CT molecular complexity index is 1080. The number of rotatable bonds is 10. The lowest BCUT2D eigenvalue weighted by molar-refractivity contribution is 0.0528. The van der Waals surface area contributed by atoms with E-state index in [0.29, 0.717) is 6.54 Å². The van der Waals surface area contributed by atoms with Crippen molar-refractivity contribution in [2.45, 2.75) is 50.7 Å². The second-order valence-electron chi connectivity index (χ2n) is 9.71. The number of hydrogen-bond donors (Lipinski definition) is 2. The van der Waals surface area contributed by atoms with Gasteiger partial charge < -0.3 is 24.6 Å². The van der Waals surface area contributed by atoms with Crippen molar-refractivity contribution >= 4 is 0 Å². The van der Waals surface area contributed by atoms with Gasteiger partial charge in [-0.2, -0.15) is 0 Å². The molecule has 1 aliphatic rings. The molecule has 0 spiro atoms. The van der Waals surface area contributed by atoms with Crippen LogP contribution in [0, 0.1) is 0 Å². The molecular formula is C30H37NO4. The van der Waals surface area contributed by atoms with Gasteiger partial charge in [0, 0.05) is 30.0 Å². The Morgan fingerprint density at radius 2 is 1.69 bits per heavy atom. The molecule has 0 bridgehead atoms. The molecule has 5 nitrogen and oxygen atoms in total. The zero-order valence-electron chi connectivity index (χ0n) is 21.2. The van der Waals surface area contributed by atoms with E-state index in [1.807, 2.05) is 30.3 Å². The van der Waals surface area contributed by atoms with Gasteiger partial charge in [0.15, 0.2) is 0 Å². The van der Waals surface area contributed by atoms with Crippen LogP contribution in [0.5, 0.6) is 17.2 Å². The minimum atomic E-state index is -0.540. The van der Waals surface area contributed by atoms with Crippen LogP contribution in [-0.4, -0.2) is 43.6 Å². The highest BCUT2D eigenvalue weighted by molar-refractivity contribution is 5.52. The summed E-state index contributed by atoms with van der Waals surface area (Å²) in [4.78, 5) is 0. The minimum absolute atomic E-state index is 0.0972. The van der Waals surface area contributed by atoms with E-state index in [1.54, 1.807) is 7.11 Å². The van der Waals surface area contributed by atoms with Crippen molar-refractivity contribution in [1.82, 2.24) is 5.32 Å². The second kappa shape index (κ2) is 11.1. The van der Waals surface area contributed by atoms with E-state index < -0.39 is 11.7 Å². The molecule has 0 saturated carbocycles. The second-order valence-corrected chi connectivity index (χ2v) is 9.71. The first-order valence-corrected chi connectivity index (χ1v) is 12.5. The van der Waals surface area contributed by atoms with Gasteiger partial charge in [-0.1, -0.05) is 55.5 Å². The average molecular weight is 476 g/mol. The summed E-state index contributed by atoms with van der Waals surface area (Å²) < 4.78 is 17.9. The van der Waals surface area contributed by atoms with Gasteiger partial charge in [0.1, 0.15) is 35.6 Å². The zero-order chi connectivity index (χ0) is 24.8. The van der Waals surface area contributed by atoms with E-state index in [1.165, 1.54) is 11.1 Å². The summed E-state index contributed by atoms with van der Waals surface area (Å²) in [5, 5.41) is 13.4. The molecule has 5 heteroatoms. The van der Waals surface area contributed by atoms with E-state index >= 15 is 0 Å².